The maximum absolute atomic E-state index is 12.0. The number of carbonyl (C=O) groups is 2. The van der Waals surface area contributed by atoms with Gasteiger partial charge in [0.25, 0.3) is 0 Å². The summed E-state index contributed by atoms with van der Waals surface area (Å²) in [5.41, 5.74) is -0.355. The number of methoxy groups -OCH3 is 1. The second kappa shape index (κ2) is 7.52. The lowest BCUT2D eigenvalue weighted by Gasteiger charge is -2.37. The molecule has 0 radical (unpaired) electrons. The van der Waals surface area contributed by atoms with Crippen LogP contribution in [0.4, 0.5) is 11.5 Å². The van der Waals surface area contributed by atoms with E-state index in [2.05, 4.69) is 9.97 Å². The van der Waals surface area contributed by atoms with Crippen molar-refractivity contribution in [3.63, 3.8) is 0 Å². The minimum Gasteiger partial charge on any atom is -0.467 e. The van der Waals surface area contributed by atoms with Gasteiger partial charge in [0.2, 0.25) is 11.1 Å². The Balaban J connectivity index is 2.49. The molecule has 0 aromatic carbocycles. The number of nitrogens with zero attached hydrogens (tertiary/aromatic N) is 4. The second-order valence-electron chi connectivity index (χ2n) is 5.48. The third-order valence-electron chi connectivity index (χ3n) is 4.03. The van der Waals surface area contributed by atoms with Crippen molar-refractivity contribution in [3.8, 4) is 0 Å². The molecule has 130 valence electrons. The molecule has 1 fully saturated rings. The van der Waals surface area contributed by atoms with Gasteiger partial charge in [-0.2, -0.15) is 4.98 Å². The Kier molecular flexibility index (Phi) is 5.66. The highest BCUT2D eigenvalue weighted by molar-refractivity contribution is 6.28. The standard InChI is InChI=1S/C14H17ClN4O5/c1-8(13(21)24-2)18(9-3-5-10(20)6-4-9)12-11(19(22)23)7-16-14(15)17-12/h7-9H,3-6H2,1-2H3. The Morgan fingerprint density at radius 3 is 2.67 bits per heavy atom. The van der Waals surface area contributed by atoms with Gasteiger partial charge >= 0.3 is 11.7 Å². The molecular formula is C14H17ClN4O5. The summed E-state index contributed by atoms with van der Waals surface area (Å²) < 4.78 is 4.76. The van der Waals surface area contributed by atoms with Crippen molar-refractivity contribution in [2.75, 3.05) is 12.0 Å². The summed E-state index contributed by atoms with van der Waals surface area (Å²) in [4.78, 5) is 43.3. The Morgan fingerprint density at radius 1 is 1.50 bits per heavy atom. The van der Waals surface area contributed by atoms with Gasteiger partial charge in [0.05, 0.1) is 12.0 Å². The smallest absolute Gasteiger partial charge is 0.329 e. The van der Waals surface area contributed by atoms with Gasteiger partial charge in [-0.25, -0.2) is 9.78 Å². The van der Waals surface area contributed by atoms with Crippen molar-refractivity contribution in [1.82, 2.24) is 9.97 Å². The predicted molar refractivity (Wildman–Crippen MR) is 84.9 cm³/mol. The minimum absolute atomic E-state index is 0.0442. The first-order valence-corrected chi connectivity index (χ1v) is 7.77. The van der Waals surface area contributed by atoms with E-state index in [1.165, 1.54) is 12.0 Å². The number of anilines is 1. The first kappa shape index (κ1) is 18.1. The molecular weight excluding hydrogens is 340 g/mol. The summed E-state index contributed by atoms with van der Waals surface area (Å²) in [5.74, 6) is -0.472. The van der Waals surface area contributed by atoms with Crippen LogP contribution in [-0.2, 0) is 14.3 Å². The lowest BCUT2D eigenvalue weighted by Crippen LogP contribution is -2.48. The SMILES string of the molecule is COC(=O)C(C)N(c1nc(Cl)ncc1[N+](=O)[O-])C1CCC(=O)CC1. The lowest BCUT2D eigenvalue weighted by atomic mass is 9.92. The first-order chi connectivity index (χ1) is 11.3. The van der Waals surface area contributed by atoms with E-state index >= 15 is 0 Å². The Hall–Kier alpha value is -2.29. The lowest BCUT2D eigenvalue weighted by molar-refractivity contribution is -0.384. The molecule has 0 spiro atoms. The molecule has 10 heteroatoms. The molecule has 1 atom stereocenters. The third kappa shape index (κ3) is 3.78. The van der Waals surface area contributed by atoms with Crippen LogP contribution in [0.15, 0.2) is 6.20 Å². The molecule has 0 N–H and O–H groups in total. The number of carbonyl (C=O) groups excluding carboxylic acids is 2. The second-order valence-corrected chi connectivity index (χ2v) is 5.82. The molecule has 9 nitrogen and oxygen atoms in total. The maximum Gasteiger partial charge on any atom is 0.329 e. The average Bonchev–Trinajstić information content (AvgIpc) is 2.55. The summed E-state index contributed by atoms with van der Waals surface area (Å²) in [6.07, 6.45) is 2.65. The molecule has 0 saturated heterocycles. The van der Waals surface area contributed by atoms with Gasteiger partial charge in [0.1, 0.15) is 18.0 Å². The zero-order valence-corrected chi connectivity index (χ0v) is 14.0. The van der Waals surface area contributed by atoms with Crippen molar-refractivity contribution in [1.29, 1.82) is 0 Å². The van der Waals surface area contributed by atoms with Crippen LogP contribution in [0.3, 0.4) is 0 Å². The van der Waals surface area contributed by atoms with Crippen LogP contribution < -0.4 is 4.90 Å². The maximum atomic E-state index is 12.0. The number of rotatable bonds is 5. The highest BCUT2D eigenvalue weighted by atomic mass is 35.5. The van der Waals surface area contributed by atoms with Gasteiger partial charge in [0.15, 0.2) is 0 Å². The van der Waals surface area contributed by atoms with Crippen molar-refractivity contribution in [3.05, 3.63) is 21.6 Å². The molecule has 0 amide bonds. The molecule has 1 aromatic rings. The Bertz CT molecular complexity index is 659. The number of Topliss-reactive ketones (excluding diaryl/α,β-unsaturated/α-hetero) is 1. The third-order valence-corrected chi connectivity index (χ3v) is 4.21. The first-order valence-electron chi connectivity index (χ1n) is 7.40. The van der Waals surface area contributed by atoms with E-state index < -0.39 is 16.9 Å². The van der Waals surface area contributed by atoms with E-state index in [1.807, 2.05) is 0 Å². The topological polar surface area (TPSA) is 116 Å². The van der Waals surface area contributed by atoms with Crippen molar-refractivity contribution < 1.29 is 19.2 Å². The van der Waals surface area contributed by atoms with Crippen molar-refractivity contribution in [2.24, 2.45) is 0 Å². The van der Waals surface area contributed by atoms with Crippen molar-refractivity contribution >= 4 is 34.9 Å². The van der Waals surface area contributed by atoms with E-state index in [1.54, 1.807) is 6.92 Å². The molecule has 2 rings (SSSR count). The number of nitro groups is 1. The van der Waals surface area contributed by atoms with Crippen LogP contribution in [0.5, 0.6) is 0 Å². The summed E-state index contributed by atoms with van der Waals surface area (Å²) in [6, 6.07) is -1.08. The van der Waals surface area contributed by atoms with Gasteiger partial charge in [-0.1, -0.05) is 0 Å². The summed E-state index contributed by atoms with van der Waals surface area (Å²) in [6.45, 7) is 1.57. The van der Waals surface area contributed by atoms with Crippen LogP contribution in [0.1, 0.15) is 32.6 Å². The highest BCUT2D eigenvalue weighted by Crippen LogP contribution is 2.33. The fourth-order valence-electron chi connectivity index (χ4n) is 2.82. The molecule has 0 aliphatic heterocycles. The zero-order chi connectivity index (χ0) is 17.9. The van der Waals surface area contributed by atoms with E-state index in [0.717, 1.165) is 6.20 Å². The van der Waals surface area contributed by atoms with E-state index in [0.29, 0.717) is 25.7 Å². The van der Waals surface area contributed by atoms with Gasteiger partial charge in [-0.05, 0) is 31.4 Å². The van der Waals surface area contributed by atoms with E-state index in [4.69, 9.17) is 16.3 Å². The van der Waals surface area contributed by atoms with Gasteiger partial charge in [0, 0.05) is 18.9 Å². The number of hydrogen-bond donors (Lipinski definition) is 0. The molecule has 1 heterocycles. The number of aromatic nitrogens is 2. The highest BCUT2D eigenvalue weighted by Gasteiger charge is 2.36. The van der Waals surface area contributed by atoms with Crippen LogP contribution in [0.2, 0.25) is 5.28 Å². The largest absolute Gasteiger partial charge is 0.467 e. The quantitative estimate of drug-likeness (QED) is 0.340. The zero-order valence-electron chi connectivity index (χ0n) is 13.3. The Morgan fingerprint density at radius 2 is 2.12 bits per heavy atom. The van der Waals surface area contributed by atoms with E-state index in [9.17, 15) is 19.7 Å². The molecule has 1 aliphatic carbocycles. The number of halogens is 1. The molecule has 0 bridgehead atoms. The number of ketones is 1. The van der Waals surface area contributed by atoms with Crippen LogP contribution in [-0.4, -0.2) is 45.8 Å². The number of ether oxygens (including phenoxy) is 1. The van der Waals surface area contributed by atoms with Crippen LogP contribution in [0.25, 0.3) is 0 Å². The van der Waals surface area contributed by atoms with Crippen molar-refractivity contribution in [2.45, 2.75) is 44.7 Å². The van der Waals surface area contributed by atoms with Crippen LogP contribution in [0, 0.1) is 10.1 Å². The summed E-state index contributed by atoms with van der Waals surface area (Å²) in [7, 11) is 1.24. The van der Waals surface area contributed by atoms with Gasteiger partial charge < -0.3 is 9.64 Å². The summed E-state index contributed by atoms with van der Waals surface area (Å²) in [5, 5.41) is 11.2. The normalized spacial score (nSPS) is 16.5. The monoisotopic (exact) mass is 356 g/mol. The van der Waals surface area contributed by atoms with E-state index in [-0.39, 0.29) is 28.6 Å². The number of esters is 1. The number of hydrogen-bond acceptors (Lipinski definition) is 8. The molecule has 1 aromatic heterocycles. The van der Waals surface area contributed by atoms with Crippen LogP contribution >= 0.6 is 11.6 Å². The average molecular weight is 357 g/mol. The molecule has 24 heavy (non-hydrogen) atoms. The van der Waals surface area contributed by atoms with Gasteiger partial charge in [-0.15, -0.1) is 0 Å². The van der Waals surface area contributed by atoms with Gasteiger partial charge in [-0.3, -0.25) is 14.9 Å². The fourth-order valence-corrected chi connectivity index (χ4v) is 2.95. The minimum atomic E-state index is -0.821. The Labute approximate surface area is 143 Å². The molecule has 1 saturated carbocycles. The molecule has 1 aliphatic rings. The predicted octanol–water partition coefficient (Wildman–Crippen LogP) is 1.92. The summed E-state index contributed by atoms with van der Waals surface area (Å²) >= 11 is 5.80. The fraction of sp³-hybridized carbons (Fsp3) is 0.571. The molecule has 1 unspecified atom stereocenters.